The van der Waals surface area contributed by atoms with Gasteiger partial charge in [0.2, 0.25) is 0 Å². The lowest BCUT2D eigenvalue weighted by molar-refractivity contribution is -0.137. The van der Waals surface area contributed by atoms with Gasteiger partial charge < -0.3 is 14.0 Å². The highest BCUT2D eigenvalue weighted by atomic mass is 28.4. The summed E-state index contributed by atoms with van der Waals surface area (Å²) in [6, 6.07) is 3.94. The summed E-state index contributed by atoms with van der Waals surface area (Å²) >= 11 is 0. The third-order valence-electron chi connectivity index (χ3n) is 12.6. The van der Waals surface area contributed by atoms with Crippen LogP contribution in [0.1, 0.15) is 153 Å². The zero-order chi connectivity index (χ0) is 35.0. The van der Waals surface area contributed by atoms with Crippen LogP contribution in [0.2, 0.25) is 36.3 Å². The van der Waals surface area contributed by atoms with E-state index in [0.29, 0.717) is 24.3 Å². The fraction of sp³-hybridized carbons (Fsp3) is 0.923. The highest BCUT2D eigenvalue weighted by molar-refractivity contribution is 6.74. The van der Waals surface area contributed by atoms with E-state index in [4.69, 9.17) is 14.0 Å². The number of carboxylic acid groups (broad SMARTS) is 1. The predicted octanol–water partition coefficient (Wildman–Crippen LogP) is 11.6. The van der Waals surface area contributed by atoms with Crippen molar-refractivity contribution in [2.75, 3.05) is 0 Å². The molecule has 1 saturated heterocycles. The number of hydrogen-bond donors (Lipinski definition) is 1. The molecule has 2 aliphatic rings. The lowest BCUT2D eigenvalue weighted by Gasteiger charge is -2.56. The van der Waals surface area contributed by atoms with Gasteiger partial charge in [0, 0.05) is 29.5 Å². The van der Waals surface area contributed by atoms with Crippen molar-refractivity contribution in [1.29, 1.82) is 0 Å². The van der Waals surface area contributed by atoms with E-state index < -0.39 is 22.6 Å². The zero-order valence-corrected chi connectivity index (χ0v) is 34.8. The maximum atomic E-state index is 11.0. The van der Waals surface area contributed by atoms with E-state index >= 15 is 0 Å². The molecule has 2 fully saturated rings. The normalized spacial score (nSPS) is 26.5. The maximum absolute atomic E-state index is 11.0. The molecular formula is C39H77NO4Si2. The molecule has 0 aromatic heterocycles. The molecule has 5 atom stereocenters. The topological polar surface area (TPSA) is 59.0 Å². The van der Waals surface area contributed by atoms with Crippen molar-refractivity contribution in [2.45, 2.75) is 219 Å². The molecule has 5 nitrogen and oxygen atoms in total. The number of likely N-dealkylation sites (tertiary alicyclic amines) is 1. The standard InChI is InChI=1S/C39H77NO4Si2/c1-14-31(40-38(8,9)28-23-29-39(40,10)11)26-27-33-32(24-21-19-18-20-22-25-36(41)42)35(44-46(15-2,16-3)17-4)30-34(33)43-45(12,13)37(5,6)7/h26-27,31-35H,14-25,28-30H2,1-13H3,(H,41,42)/b27-26+/t31?,32-,33+,34+,35-/m0/s1. The third kappa shape index (κ3) is 11.0. The molecule has 0 radical (unpaired) electrons. The first-order valence-corrected chi connectivity index (χ1v) is 24.8. The second kappa shape index (κ2) is 17.4. The van der Waals surface area contributed by atoms with Gasteiger partial charge in [0.1, 0.15) is 0 Å². The third-order valence-corrected chi connectivity index (χ3v) is 21.7. The predicted molar refractivity (Wildman–Crippen MR) is 203 cm³/mol. The number of piperidine rings is 1. The summed E-state index contributed by atoms with van der Waals surface area (Å²) in [6.45, 7) is 31.2. The Kier molecular flexibility index (Phi) is 15.8. The van der Waals surface area contributed by atoms with Gasteiger partial charge in [-0.15, -0.1) is 0 Å². The van der Waals surface area contributed by atoms with Gasteiger partial charge in [-0.1, -0.05) is 86.3 Å². The molecule has 0 bridgehead atoms. The molecule has 270 valence electrons. The fourth-order valence-electron chi connectivity index (χ4n) is 8.63. The monoisotopic (exact) mass is 680 g/mol. The first-order valence-electron chi connectivity index (χ1n) is 19.3. The summed E-state index contributed by atoms with van der Waals surface area (Å²) in [5.74, 6) is 0.139. The minimum Gasteiger partial charge on any atom is -0.481 e. The van der Waals surface area contributed by atoms with Gasteiger partial charge in [-0.25, -0.2) is 0 Å². The van der Waals surface area contributed by atoms with Crippen molar-refractivity contribution < 1.29 is 18.8 Å². The van der Waals surface area contributed by atoms with Gasteiger partial charge >= 0.3 is 5.97 Å². The molecule has 1 unspecified atom stereocenters. The molecule has 0 amide bonds. The van der Waals surface area contributed by atoms with Gasteiger partial charge in [-0.2, -0.15) is 0 Å². The van der Waals surface area contributed by atoms with Gasteiger partial charge in [0.05, 0.1) is 12.2 Å². The molecule has 1 heterocycles. The van der Waals surface area contributed by atoms with Crippen LogP contribution in [0.3, 0.4) is 0 Å². The molecule has 46 heavy (non-hydrogen) atoms. The quantitative estimate of drug-likeness (QED) is 0.0836. The molecule has 7 heteroatoms. The Morgan fingerprint density at radius 3 is 1.93 bits per heavy atom. The smallest absolute Gasteiger partial charge is 0.303 e. The van der Waals surface area contributed by atoms with E-state index in [0.717, 1.165) is 38.5 Å². The number of hydrogen-bond acceptors (Lipinski definition) is 4. The van der Waals surface area contributed by atoms with Crippen molar-refractivity contribution in [3.05, 3.63) is 12.2 Å². The van der Waals surface area contributed by atoms with Crippen LogP contribution in [0.5, 0.6) is 0 Å². The van der Waals surface area contributed by atoms with Crippen molar-refractivity contribution in [2.24, 2.45) is 11.8 Å². The minimum absolute atomic E-state index is 0.161. The highest BCUT2D eigenvalue weighted by Crippen LogP contribution is 2.47. The lowest BCUT2D eigenvalue weighted by atomic mass is 9.78. The number of unbranched alkanes of at least 4 members (excludes halogenated alkanes) is 4. The highest BCUT2D eigenvalue weighted by Gasteiger charge is 2.50. The van der Waals surface area contributed by atoms with Crippen LogP contribution in [0.25, 0.3) is 0 Å². The van der Waals surface area contributed by atoms with Gasteiger partial charge in [-0.3, -0.25) is 9.69 Å². The Morgan fingerprint density at radius 1 is 0.891 bits per heavy atom. The Hall–Kier alpha value is -0.476. The minimum atomic E-state index is -2.00. The second-order valence-corrected chi connectivity index (χ2v) is 27.2. The van der Waals surface area contributed by atoms with Crippen molar-refractivity contribution in [3.8, 4) is 0 Å². The van der Waals surface area contributed by atoms with Crippen LogP contribution in [-0.2, 0) is 13.6 Å². The Morgan fingerprint density at radius 2 is 1.43 bits per heavy atom. The van der Waals surface area contributed by atoms with Crippen molar-refractivity contribution in [1.82, 2.24) is 4.90 Å². The van der Waals surface area contributed by atoms with Gasteiger partial charge in [-0.05, 0) is 115 Å². The molecule has 2 rings (SSSR count). The SMILES string of the molecule is CCC(/C=C/[C@@H]1[C@H](CCCCCCCC(=O)O)[C@@H](O[Si](CC)(CC)CC)C[C@H]1O[Si](C)(C)C(C)(C)C)N1C(C)(C)CCCC1(C)C. The Balaban J connectivity index is 2.48. The molecule has 1 aliphatic heterocycles. The van der Waals surface area contributed by atoms with Gasteiger partial charge in [0.25, 0.3) is 0 Å². The molecular weight excluding hydrogens is 603 g/mol. The summed E-state index contributed by atoms with van der Waals surface area (Å²) < 4.78 is 14.8. The molecule has 1 aliphatic carbocycles. The van der Waals surface area contributed by atoms with E-state index in [9.17, 15) is 4.79 Å². The van der Waals surface area contributed by atoms with Crippen LogP contribution in [0.15, 0.2) is 12.2 Å². The van der Waals surface area contributed by atoms with Crippen LogP contribution >= 0.6 is 0 Å². The molecule has 0 aromatic carbocycles. The summed E-state index contributed by atoms with van der Waals surface area (Å²) in [4.78, 5) is 13.8. The van der Waals surface area contributed by atoms with E-state index in [-0.39, 0.29) is 28.3 Å². The molecule has 0 aromatic rings. The second-order valence-electron chi connectivity index (χ2n) is 17.7. The number of nitrogens with zero attached hydrogens (tertiary/aromatic N) is 1. The molecule has 1 N–H and O–H groups in total. The summed E-state index contributed by atoms with van der Waals surface area (Å²) in [5, 5.41) is 9.21. The first kappa shape index (κ1) is 41.7. The zero-order valence-electron chi connectivity index (χ0n) is 32.8. The largest absolute Gasteiger partial charge is 0.481 e. The van der Waals surface area contributed by atoms with Crippen LogP contribution in [-0.4, -0.2) is 61.9 Å². The fourth-order valence-corrected chi connectivity index (χ4v) is 12.9. The Bertz CT molecular complexity index is 928. The summed E-state index contributed by atoms with van der Waals surface area (Å²) in [5.41, 5.74) is 0.361. The van der Waals surface area contributed by atoms with E-state index in [1.807, 2.05) is 0 Å². The van der Waals surface area contributed by atoms with Crippen molar-refractivity contribution in [3.63, 3.8) is 0 Å². The van der Waals surface area contributed by atoms with E-state index in [1.165, 1.54) is 50.2 Å². The number of rotatable bonds is 19. The van der Waals surface area contributed by atoms with E-state index in [1.54, 1.807) is 0 Å². The van der Waals surface area contributed by atoms with Crippen LogP contribution in [0, 0.1) is 11.8 Å². The van der Waals surface area contributed by atoms with Crippen molar-refractivity contribution >= 4 is 22.6 Å². The Labute approximate surface area is 288 Å². The number of aliphatic carboxylic acids is 1. The first-order chi connectivity index (χ1) is 21.3. The summed E-state index contributed by atoms with van der Waals surface area (Å²) in [7, 11) is -3.80. The number of carboxylic acids is 1. The molecule has 0 spiro atoms. The maximum Gasteiger partial charge on any atom is 0.303 e. The van der Waals surface area contributed by atoms with Crippen LogP contribution < -0.4 is 0 Å². The van der Waals surface area contributed by atoms with Crippen LogP contribution in [0.4, 0.5) is 0 Å². The average Bonchev–Trinajstić information content (AvgIpc) is 3.25. The lowest BCUT2D eigenvalue weighted by Crippen LogP contribution is -2.61. The number of carbonyl (C=O) groups is 1. The van der Waals surface area contributed by atoms with E-state index in [2.05, 4.69) is 106 Å². The molecule has 1 saturated carbocycles. The van der Waals surface area contributed by atoms with Gasteiger partial charge in [0.15, 0.2) is 16.6 Å². The summed E-state index contributed by atoms with van der Waals surface area (Å²) in [6.07, 6.45) is 18.3. The average molecular weight is 680 g/mol.